The standard InChI is InChI=1S/C16H17ClN2O/c1-11-3-2-4-12(9-11)5-8-16(20)19-15-10-13(17)6-7-14(15)18/h2-4,6-7,9-10H,5,8,18H2,1H3,(H,19,20). The number of hydrogen-bond donors (Lipinski definition) is 2. The molecule has 0 spiro atoms. The van der Waals surface area contributed by atoms with Crippen LogP contribution in [-0.4, -0.2) is 5.91 Å². The molecule has 0 aliphatic rings. The van der Waals surface area contributed by atoms with Gasteiger partial charge >= 0.3 is 0 Å². The van der Waals surface area contributed by atoms with Crippen LogP contribution in [0.4, 0.5) is 11.4 Å². The van der Waals surface area contributed by atoms with Crippen molar-refractivity contribution in [2.45, 2.75) is 19.8 Å². The first-order chi connectivity index (χ1) is 9.54. The van der Waals surface area contributed by atoms with Gasteiger partial charge in [0.2, 0.25) is 5.91 Å². The minimum atomic E-state index is -0.0690. The molecule has 0 fully saturated rings. The fraction of sp³-hybridized carbons (Fsp3) is 0.188. The maximum atomic E-state index is 11.9. The van der Waals surface area contributed by atoms with Gasteiger partial charge in [-0.15, -0.1) is 0 Å². The zero-order valence-corrected chi connectivity index (χ0v) is 12.1. The Bertz CT molecular complexity index is 626. The summed E-state index contributed by atoms with van der Waals surface area (Å²) in [5, 5.41) is 3.34. The summed E-state index contributed by atoms with van der Waals surface area (Å²) in [6, 6.07) is 13.2. The molecule has 20 heavy (non-hydrogen) atoms. The minimum Gasteiger partial charge on any atom is -0.397 e. The number of nitrogens with one attached hydrogen (secondary N) is 1. The van der Waals surface area contributed by atoms with Crippen LogP contribution in [0.5, 0.6) is 0 Å². The summed E-state index contributed by atoms with van der Waals surface area (Å²) in [6.45, 7) is 2.04. The average Bonchev–Trinajstić information content (AvgIpc) is 2.41. The van der Waals surface area contributed by atoms with E-state index in [-0.39, 0.29) is 5.91 Å². The predicted octanol–water partition coefficient (Wildman–Crippen LogP) is 3.80. The lowest BCUT2D eigenvalue weighted by Gasteiger charge is -2.08. The molecule has 0 saturated carbocycles. The fourth-order valence-corrected chi connectivity index (χ4v) is 2.15. The van der Waals surface area contributed by atoms with Crippen LogP contribution in [0.15, 0.2) is 42.5 Å². The summed E-state index contributed by atoms with van der Waals surface area (Å²) >= 11 is 5.88. The first kappa shape index (κ1) is 14.4. The molecule has 0 aromatic heterocycles. The highest BCUT2D eigenvalue weighted by Gasteiger charge is 2.06. The lowest BCUT2D eigenvalue weighted by atomic mass is 10.1. The van der Waals surface area contributed by atoms with Crippen LogP contribution >= 0.6 is 11.6 Å². The van der Waals surface area contributed by atoms with Crippen molar-refractivity contribution in [1.82, 2.24) is 0 Å². The molecule has 2 aromatic carbocycles. The number of carbonyl (C=O) groups excluding carboxylic acids is 1. The van der Waals surface area contributed by atoms with E-state index in [0.29, 0.717) is 29.2 Å². The number of carbonyl (C=O) groups is 1. The van der Waals surface area contributed by atoms with Crippen LogP contribution in [0.2, 0.25) is 5.02 Å². The van der Waals surface area contributed by atoms with Crippen molar-refractivity contribution >= 4 is 28.9 Å². The van der Waals surface area contributed by atoms with E-state index < -0.39 is 0 Å². The van der Waals surface area contributed by atoms with Gasteiger partial charge in [-0.1, -0.05) is 41.4 Å². The largest absolute Gasteiger partial charge is 0.397 e. The van der Waals surface area contributed by atoms with E-state index in [0.717, 1.165) is 5.56 Å². The number of hydrogen-bond acceptors (Lipinski definition) is 2. The van der Waals surface area contributed by atoms with E-state index in [2.05, 4.69) is 11.4 Å². The van der Waals surface area contributed by atoms with Crippen molar-refractivity contribution in [1.29, 1.82) is 0 Å². The Morgan fingerprint density at radius 1 is 1.25 bits per heavy atom. The van der Waals surface area contributed by atoms with Crippen molar-refractivity contribution in [3.63, 3.8) is 0 Å². The molecule has 4 heteroatoms. The van der Waals surface area contributed by atoms with Crippen LogP contribution in [0.25, 0.3) is 0 Å². The van der Waals surface area contributed by atoms with E-state index in [1.807, 2.05) is 25.1 Å². The summed E-state index contributed by atoms with van der Waals surface area (Å²) in [7, 11) is 0. The fourth-order valence-electron chi connectivity index (χ4n) is 1.97. The molecular weight excluding hydrogens is 272 g/mol. The van der Waals surface area contributed by atoms with Crippen molar-refractivity contribution in [2.24, 2.45) is 0 Å². The van der Waals surface area contributed by atoms with Gasteiger partial charge in [-0.05, 0) is 37.1 Å². The lowest BCUT2D eigenvalue weighted by Crippen LogP contribution is -2.13. The van der Waals surface area contributed by atoms with Gasteiger partial charge in [0.05, 0.1) is 11.4 Å². The minimum absolute atomic E-state index is 0.0690. The van der Waals surface area contributed by atoms with E-state index in [1.54, 1.807) is 18.2 Å². The second-order valence-electron chi connectivity index (χ2n) is 4.77. The summed E-state index contributed by atoms with van der Waals surface area (Å²) in [4.78, 5) is 11.9. The van der Waals surface area contributed by atoms with E-state index >= 15 is 0 Å². The van der Waals surface area contributed by atoms with Crippen molar-refractivity contribution in [2.75, 3.05) is 11.1 Å². The van der Waals surface area contributed by atoms with Crippen molar-refractivity contribution in [3.8, 4) is 0 Å². The van der Waals surface area contributed by atoms with Gasteiger partial charge in [-0.2, -0.15) is 0 Å². The second kappa shape index (κ2) is 6.44. The van der Waals surface area contributed by atoms with Gasteiger partial charge in [0.15, 0.2) is 0 Å². The molecule has 2 rings (SSSR count). The van der Waals surface area contributed by atoms with Crippen molar-refractivity contribution < 1.29 is 4.79 Å². The Hall–Kier alpha value is -2.00. The molecule has 104 valence electrons. The number of nitrogens with two attached hydrogens (primary N) is 1. The Labute approximate surface area is 123 Å². The SMILES string of the molecule is Cc1cccc(CCC(=O)Nc2cc(Cl)ccc2N)c1. The third-order valence-corrected chi connectivity index (χ3v) is 3.25. The Kier molecular flexibility index (Phi) is 4.64. The molecule has 0 unspecified atom stereocenters. The van der Waals surface area contributed by atoms with Gasteiger partial charge in [-0.25, -0.2) is 0 Å². The van der Waals surface area contributed by atoms with Gasteiger partial charge in [-0.3, -0.25) is 4.79 Å². The van der Waals surface area contributed by atoms with Gasteiger partial charge in [0.25, 0.3) is 0 Å². The molecule has 0 bridgehead atoms. The quantitative estimate of drug-likeness (QED) is 0.841. The number of amides is 1. The topological polar surface area (TPSA) is 55.1 Å². The molecule has 0 saturated heterocycles. The summed E-state index contributed by atoms with van der Waals surface area (Å²) in [5.41, 5.74) is 9.21. The first-order valence-electron chi connectivity index (χ1n) is 6.45. The smallest absolute Gasteiger partial charge is 0.224 e. The summed E-state index contributed by atoms with van der Waals surface area (Å²) < 4.78 is 0. The van der Waals surface area contributed by atoms with Crippen molar-refractivity contribution in [3.05, 3.63) is 58.6 Å². The number of nitrogen functional groups attached to an aromatic ring is 1. The summed E-state index contributed by atoms with van der Waals surface area (Å²) in [5.74, 6) is -0.0690. The molecule has 1 amide bonds. The Morgan fingerprint density at radius 2 is 2.05 bits per heavy atom. The monoisotopic (exact) mass is 288 g/mol. The second-order valence-corrected chi connectivity index (χ2v) is 5.21. The number of anilines is 2. The number of aryl methyl sites for hydroxylation is 2. The lowest BCUT2D eigenvalue weighted by molar-refractivity contribution is -0.116. The van der Waals surface area contributed by atoms with Crippen LogP contribution in [-0.2, 0) is 11.2 Å². The highest BCUT2D eigenvalue weighted by atomic mass is 35.5. The molecule has 0 heterocycles. The molecule has 0 radical (unpaired) electrons. The van der Waals surface area contributed by atoms with E-state index in [4.69, 9.17) is 17.3 Å². The summed E-state index contributed by atoms with van der Waals surface area (Å²) in [6.07, 6.45) is 1.11. The zero-order valence-electron chi connectivity index (χ0n) is 11.3. The molecule has 0 aliphatic carbocycles. The highest BCUT2D eigenvalue weighted by Crippen LogP contribution is 2.23. The third kappa shape index (κ3) is 4.00. The molecule has 3 nitrogen and oxygen atoms in total. The van der Waals surface area contributed by atoms with E-state index in [1.165, 1.54) is 5.56 Å². The molecule has 3 N–H and O–H groups in total. The normalized spacial score (nSPS) is 10.3. The number of benzene rings is 2. The van der Waals surface area contributed by atoms with Gasteiger partial charge in [0, 0.05) is 11.4 Å². The third-order valence-electron chi connectivity index (χ3n) is 3.01. The molecular formula is C16H17ClN2O. The Balaban J connectivity index is 1.94. The number of halogens is 1. The maximum absolute atomic E-state index is 11.9. The van der Waals surface area contributed by atoms with E-state index in [9.17, 15) is 4.79 Å². The number of rotatable bonds is 4. The molecule has 2 aromatic rings. The predicted molar refractivity (Wildman–Crippen MR) is 84.0 cm³/mol. The van der Waals surface area contributed by atoms with Crippen LogP contribution in [0.3, 0.4) is 0 Å². The highest BCUT2D eigenvalue weighted by molar-refractivity contribution is 6.31. The van der Waals surface area contributed by atoms with Crippen LogP contribution in [0.1, 0.15) is 17.5 Å². The maximum Gasteiger partial charge on any atom is 0.224 e. The van der Waals surface area contributed by atoms with Gasteiger partial charge < -0.3 is 11.1 Å². The van der Waals surface area contributed by atoms with Crippen LogP contribution in [0, 0.1) is 6.92 Å². The molecule has 0 atom stereocenters. The average molecular weight is 289 g/mol. The zero-order chi connectivity index (χ0) is 14.5. The first-order valence-corrected chi connectivity index (χ1v) is 6.83. The van der Waals surface area contributed by atoms with Crippen LogP contribution < -0.4 is 11.1 Å². The Morgan fingerprint density at radius 3 is 2.80 bits per heavy atom. The van der Waals surface area contributed by atoms with Gasteiger partial charge in [0.1, 0.15) is 0 Å². The molecule has 0 aliphatic heterocycles.